The molecule has 1 fully saturated rings. The quantitative estimate of drug-likeness (QED) is 0.914. The summed E-state index contributed by atoms with van der Waals surface area (Å²) in [5.74, 6) is 1.28. The van der Waals surface area contributed by atoms with Crippen molar-refractivity contribution in [2.24, 2.45) is 0 Å². The monoisotopic (exact) mass is 287 g/mol. The van der Waals surface area contributed by atoms with E-state index in [-0.39, 0.29) is 0 Å². The molecule has 1 saturated heterocycles. The standard InChI is InChI=1S/C16H21N3O2/c1-12-2-4-13(5-3-12)10-15-18-16(21-19-15)11-20-14-6-8-17-9-7-14/h2-5,14,17H,6-11H2,1H3. The van der Waals surface area contributed by atoms with Gasteiger partial charge >= 0.3 is 0 Å². The van der Waals surface area contributed by atoms with E-state index >= 15 is 0 Å². The second-order valence-electron chi connectivity index (χ2n) is 5.53. The molecule has 5 heteroatoms. The number of piperidine rings is 1. The van der Waals surface area contributed by atoms with Crippen LogP contribution in [-0.4, -0.2) is 29.3 Å². The zero-order chi connectivity index (χ0) is 14.5. The molecule has 112 valence electrons. The van der Waals surface area contributed by atoms with Gasteiger partial charge < -0.3 is 14.6 Å². The third-order valence-corrected chi connectivity index (χ3v) is 3.72. The van der Waals surface area contributed by atoms with Crippen molar-refractivity contribution in [1.82, 2.24) is 15.5 Å². The van der Waals surface area contributed by atoms with E-state index < -0.39 is 0 Å². The number of benzene rings is 1. The van der Waals surface area contributed by atoms with Crippen molar-refractivity contribution in [2.75, 3.05) is 13.1 Å². The highest BCUT2D eigenvalue weighted by Gasteiger charge is 2.15. The Morgan fingerprint density at radius 1 is 1.24 bits per heavy atom. The summed E-state index contributed by atoms with van der Waals surface area (Å²) in [6.45, 7) is 4.53. The Labute approximate surface area is 124 Å². The predicted octanol–water partition coefficient (Wildman–Crippen LogP) is 2.24. The molecule has 5 nitrogen and oxygen atoms in total. The van der Waals surface area contributed by atoms with Gasteiger partial charge in [0, 0.05) is 6.42 Å². The molecule has 0 unspecified atom stereocenters. The Bertz CT molecular complexity index is 559. The maximum Gasteiger partial charge on any atom is 0.252 e. The minimum absolute atomic E-state index is 0.304. The van der Waals surface area contributed by atoms with Crippen LogP contribution in [0.4, 0.5) is 0 Å². The number of aryl methyl sites for hydroxylation is 1. The molecule has 1 aliphatic rings. The van der Waals surface area contributed by atoms with E-state index in [9.17, 15) is 0 Å². The highest BCUT2D eigenvalue weighted by Crippen LogP contribution is 2.12. The van der Waals surface area contributed by atoms with E-state index in [0.717, 1.165) is 25.9 Å². The molecule has 0 amide bonds. The van der Waals surface area contributed by atoms with Crippen LogP contribution < -0.4 is 5.32 Å². The molecule has 0 aliphatic carbocycles. The van der Waals surface area contributed by atoms with Crippen LogP contribution in [0.15, 0.2) is 28.8 Å². The fourth-order valence-corrected chi connectivity index (χ4v) is 2.46. The lowest BCUT2D eigenvalue weighted by atomic mass is 10.1. The summed E-state index contributed by atoms with van der Waals surface area (Å²) >= 11 is 0. The molecule has 21 heavy (non-hydrogen) atoms. The van der Waals surface area contributed by atoms with Gasteiger partial charge in [0.1, 0.15) is 6.61 Å². The topological polar surface area (TPSA) is 60.2 Å². The summed E-state index contributed by atoms with van der Waals surface area (Å²) in [6.07, 6.45) is 3.09. The van der Waals surface area contributed by atoms with Crippen molar-refractivity contribution in [3.8, 4) is 0 Å². The van der Waals surface area contributed by atoms with Gasteiger partial charge in [0.05, 0.1) is 6.10 Å². The van der Waals surface area contributed by atoms with Crippen molar-refractivity contribution in [3.05, 3.63) is 47.1 Å². The van der Waals surface area contributed by atoms with E-state index in [1.807, 2.05) is 0 Å². The van der Waals surface area contributed by atoms with Crippen LogP contribution in [0.2, 0.25) is 0 Å². The van der Waals surface area contributed by atoms with Crippen molar-refractivity contribution in [2.45, 2.75) is 38.9 Å². The second-order valence-corrected chi connectivity index (χ2v) is 5.53. The van der Waals surface area contributed by atoms with Crippen molar-refractivity contribution >= 4 is 0 Å². The van der Waals surface area contributed by atoms with E-state index in [0.29, 0.717) is 30.8 Å². The third kappa shape index (κ3) is 4.12. The average molecular weight is 287 g/mol. The van der Waals surface area contributed by atoms with Gasteiger partial charge in [-0.05, 0) is 38.4 Å². The lowest BCUT2D eigenvalue weighted by Crippen LogP contribution is -2.32. The van der Waals surface area contributed by atoms with Crippen LogP contribution in [0.1, 0.15) is 35.7 Å². The molecule has 1 aliphatic heterocycles. The first-order chi connectivity index (χ1) is 10.3. The zero-order valence-corrected chi connectivity index (χ0v) is 12.3. The summed E-state index contributed by atoms with van der Waals surface area (Å²) in [7, 11) is 0. The number of aromatic nitrogens is 2. The molecule has 0 saturated carbocycles. The third-order valence-electron chi connectivity index (χ3n) is 3.72. The normalized spacial score (nSPS) is 16.2. The van der Waals surface area contributed by atoms with Gasteiger partial charge in [0.2, 0.25) is 0 Å². The molecular weight excluding hydrogens is 266 g/mol. The van der Waals surface area contributed by atoms with Crippen LogP contribution in [0.5, 0.6) is 0 Å². The number of hydrogen-bond acceptors (Lipinski definition) is 5. The maximum atomic E-state index is 5.81. The molecule has 1 aromatic carbocycles. The number of nitrogens with one attached hydrogen (secondary N) is 1. The Morgan fingerprint density at radius 2 is 2.00 bits per heavy atom. The highest BCUT2D eigenvalue weighted by atomic mass is 16.5. The first-order valence-electron chi connectivity index (χ1n) is 7.49. The first-order valence-corrected chi connectivity index (χ1v) is 7.49. The number of nitrogens with zero attached hydrogens (tertiary/aromatic N) is 2. The Kier molecular flexibility index (Phi) is 4.62. The van der Waals surface area contributed by atoms with Crippen LogP contribution in [-0.2, 0) is 17.8 Å². The van der Waals surface area contributed by atoms with Crippen LogP contribution >= 0.6 is 0 Å². The minimum Gasteiger partial charge on any atom is -0.368 e. The fraction of sp³-hybridized carbons (Fsp3) is 0.500. The number of hydrogen-bond donors (Lipinski definition) is 1. The first kappa shape index (κ1) is 14.2. The molecule has 1 N–H and O–H groups in total. The highest BCUT2D eigenvalue weighted by molar-refractivity contribution is 5.23. The molecule has 0 radical (unpaired) electrons. The molecule has 0 atom stereocenters. The van der Waals surface area contributed by atoms with Crippen molar-refractivity contribution in [1.29, 1.82) is 0 Å². The Hall–Kier alpha value is -1.72. The van der Waals surface area contributed by atoms with Gasteiger partial charge in [-0.15, -0.1) is 0 Å². The van der Waals surface area contributed by atoms with Crippen molar-refractivity contribution < 1.29 is 9.26 Å². The summed E-state index contributed by atoms with van der Waals surface area (Å²) in [6, 6.07) is 8.38. The SMILES string of the molecule is Cc1ccc(Cc2noc(COC3CCNCC3)n2)cc1. The summed E-state index contributed by atoms with van der Waals surface area (Å²) in [5, 5.41) is 7.34. The van der Waals surface area contributed by atoms with E-state index in [1.54, 1.807) is 0 Å². The summed E-state index contributed by atoms with van der Waals surface area (Å²) in [4.78, 5) is 4.39. The molecule has 3 rings (SSSR count). The van der Waals surface area contributed by atoms with Gasteiger partial charge in [-0.1, -0.05) is 35.0 Å². The van der Waals surface area contributed by atoms with Gasteiger partial charge in [-0.3, -0.25) is 0 Å². The summed E-state index contributed by atoms with van der Waals surface area (Å²) in [5.41, 5.74) is 2.44. The van der Waals surface area contributed by atoms with Crippen LogP contribution in [0.3, 0.4) is 0 Å². The Balaban J connectivity index is 1.52. The maximum absolute atomic E-state index is 5.81. The van der Waals surface area contributed by atoms with Gasteiger partial charge in [-0.25, -0.2) is 0 Å². The van der Waals surface area contributed by atoms with Gasteiger partial charge in [-0.2, -0.15) is 4.98 Å². The average Bonchev–Trinajstić information content (AvgIpc) is 2.96. The fourth-order valence-electron chi connectivity index (χ4n) is 2.46. The van der Waals surface area contributed by atoms with Gasteiger partial charge in [0.15, 0.2) is 5.82 Å². The molecular formula is C16H21N3O2. The van der Waals surface area contributed by atoms with E-state index in [2.05, 4.69) is 46.6 Å². The van der Waals surface area contributed by atoms with Crippen molar-refractivity contribution in [3.63, 3.8) is 0 Å². The molecule has 2 heterocycles. The summed E-state index contributed by atoms with van der Waals surface area (Å²) < 4.78 is 11.1. The molecule has 0 spiro atoms. The molecule has 0 bridgehead atoms. The number of ether oxygens (including phenoxy) is 1. The minimum atomic E-state index is 0.304. The van der Waals surface area contributed by atoms with Crippen LogP contribution in [0.25, 0.3) is 0 Å². The lowest BCUT2D eigenvalue weighted by molar-refractivity contribution is 0.00859. The van der Waals surface area contributed by atoms with Crippen LogP contribution in [0, 0.1) is 6.92 Å². The largest absolute Gasteiger partial charge is 0.368 e. The second kappa shape index (κ2) is 6.83. The predicted molar refractivity (Wildman–Crippen MR) is 79.0 cm³/mol. The molecule has 1 aromatic heterocycles. The molecule has 2 aromatic rings. The van der Waals surface area contributed by atoms with E-state index in [4.69, 9.17) is 9.26 Å². The smallest absolute Gasteiger partial charge is 0.252 e. The lowest BCUT2D eigenvalue weighted by Gasteiger charge is -2.21. The Morgan fingerprint density at radius 3 is 2.76 bits per heavy atom. The van der Waals surface area contributed by atoms with E-state index in [1.165, 1.54) is 11.1 Å². The zero-order valence-electron chi connectivity index (χ0n) is 12.3. The number of rotatable bonds is 5. The van der Waals surface area contributed by atoms with Gasteiger partial charge in [0.25, 0.3) is 5.89 Å².